The van der Waals surface area contributed by atoms with Crippen molar-refractivity contribution in [1.29, 1.82) is 0 Å². The number of methoxy groups -OCH3 is 1. The zero-order valence-corrected chi connectivity index (χ0v) is 17.3. The number of fused-ring (bicyclic) bond motifs is 3. The SMILES string of the molecule is COC(=O)Cc1c(C)c2cc(Cl)c3c(c2oc1=O)CN(C1C=CS(=O)(=O)C1)CO3. The summed E-state index contributed by atoms with van der Waals surface area (Å²) in [5.74, 6) is -0.174. The average Bonchev–Trinajstić information content (AvgIpc) is 3.05. The van der Waals surface area contributed by atoms with Gasteiger partial charge in [-0.25, -0.2) is 13.2 Å². The molecule has 0 spiro atoms. The van der Waals surface area contributed by atoms with E-state index in [1.807, 2.05) is 4.90 Å². The Morgan fingerprint density at radius 3 is 2.83 bits per heavy atom. The quantitative estimate of drug-likeness (QED) is 0.528. The van der Waals surface area contributed by atoms with Crippen LogP contribution < -0.4 is 10.4 Å². The number of halogens is 1. The number of ether oxygens (including phenoxy) is 2. The maximum atomic E-state index is 12.5. The van der Waals surface area contributed by atoms with E-state index in [0.29, 0.717) is 39.4 Å². The second-order valence-corrected chi connectivity index (χ2v) is 9.37. The van der Waals surface area contributed by atoms with Crippen molar-refractivity contribution in [2.45, 2.75) is 25.9 Å². The number of hydrogen-bond donors (Lipinski definition) is 0. The Morgan fingerprint density at radius 1 is 1.41 bits per heavy atom. The van der Waals surface area contributed by atoms with Gasteiger partial charge in [0.1, 0.15) is 18.1 Å². The molecule has 1 aromatic carbocycles. The molecule has 0 N–H and O–H groups in total. The Kier molecular flexibility index (Phi) is 4.92. The highest BCUT2D eigenvalue weighted by Crippen LogP contribution is 2.40. The normalized spacial score (nSPS) is 20.4. The van der Waals surface area contributed by atoms with Gasteiger partial charge in [0.15, 0.2) is 9.84 Å². The van der Waals surface area contributed by atoms with Gasteiger partial charge in [0.25, 0.3) is 0 Å². The van der Waals surface area contributed by atoms with Crippen molar-refractivity contribution in [3.05, 3.63) is 49.7 Å². The van der Waals surface area contributed by atoms with Gasteiger partial charge in [0.05, 0.1) is 35.4 Å². The molecule has 29 heavy (non-hydrogen) atoms. The lowest BCUT2D eigenvalue weighted by Crippen LogP contribution is -2.41. The smallest absolute Gasteiger partial charge is 0.340 e. The van der Waals surface area contributed by atoms with Crippen molar-refractivity contribution in [3.63, 3.8) is 0 Å². The van der Waals surface area contributed by atoms with Crippen LogP contribution in [0.3, 0.4) is 0 Å². The lowest BCUT2D eigenvalue weighted by Gasteiger charge is -2.33. The number of benzene rings is 1. The third kappa shape index (κ3) is 3.54. The minimum Gasteiger partial charge on any atom is -0.476 e. The summed E-state index contributed by atoms with van der Waals surface area (Å²) in [6.45, 7) is 2.18. The molecule has 1 atom stereocenters. The molecule has 0 bridgehead atoms. The fourth-order valence-electron chi connectivity index (χ4n) is 3.65. The molecule has 154 valence electrons. The highest BCUT2D eigenvalue weighted by Gasteiger charge is 2.33. The second kappa shape index (κ2) is 7.16. The van der Waals surface area contributed by atoms with Crippen LogP contribution in [-0.4, -0.2) is 44.9 Å². The van der Waals surface area contributed by atoms with Gasteiger partial charge in [0.2, 0.25) is 0 Å². The van der Waals surface area contributed by atoms with Crippen LogP contribution in [0.4, 0.5) is 0 Å². The average molecular weight is 440 g/mol. The molecule has 0 aliphatic carbocycles. The van der Waals surface area contributed by atoms with Crippen LogP contribution in [0.5, 0.6) is 5.75 Å². The van der Waals surface area contributed by atoms with Crippen LogP contribution in [0.15, 0.2) is 26.8 Å². The van der Waals surface area contributed by atoms with E-state index in [1.165, 1.54) is 12.5 Å². The number of carbonyl (C=O) groups excluding carboxylic acids is 1. The van der Waals surface area contributed by atoms with Crippen molar-refractivity contribution in [2.75, 3.05) is 19.6 Å². The van der Waals surface area contributed by atoms with E-state index >= 15 is 0 Å². The molecule has 0 radical (unpaired) electrons. The van der Waals surface area contributed by atoms with Crippen molar-refractivity contribution >= 4 is 38.4 Å². The van der Waals surface area contributed by atoms with E-state index in [9.17, 15) is 18.0 Å². The largest absolute Gasteiger partial charge is 0.476 e. The molecule has 1 aromatic heterocycles. The van der Waals surface area contributed by atoms with Gasteiger partial charge in [-0.2, -0.15) is 0 Å². The molecule has 10 heteroatoms. The van der Waals surface area contributed by atoms with Crippen molar-refractivity contribution in [1.82, 2.24) is 4.90 Å². The molecule has 1 unspecified atom stereocenters. The summed E-state index contributed by atoms with van der Waals surface area (Å²) < 4.78 is 39.5. The first-order valence-electron chi connectivity index (χ1n) is 8.82. The zero-order chi connectivity index (χ0) is 20.9. The Bertz CT molecular complexity index is 1220. The summed E-state index contributed by atoms with van der Waals surface area (Å²) >= 11 is 6.41. The van der Waals surface area contributed by atoms with E-state index in [1.54, 1.807) is 19.1 Å². The van der Waals surface area contributed by atoms with E-state index in [-0.39, 0.29) is 30.5 Å². The first-order chi connectivity index (χ1) is 13.7. The molecule has 4 rings (SSSR count). The number of nitrogens with zero attached hydrogens (tertiary/aromatic N) is 1. The summed E-state index contributed by atoms with van der Waals surface area (Å²) in [5.41, 5.74) is 1.03. The Labute approximate surface area is 171 Å². The van der Waals surface area contributed by atoms with Gasteiger partial charge in [-0.1, -0.05) is 17.7 Å². The maximum Gasteiger partial charge on any atom is 0.340 e. The van der Waals surface area contributed by atoms with E-state index < -0.39 is 21.4 Å². The fraction of sp³-hybridized carbons (Fsp3) is 0.368. The van der Waals surface area contributed by atoms with Crippen molar-refractivity contribution < 1.29 is 27.1 Å². The summed E-state index contributed by atoms with van der Waals surface area (Å²) in [5, 5.41) is 2.14. The monoisotopic (exact) mass is 439 g/mol. The standard InChI is InChI=1S/C19H18ClNO7S/c1-10-12-5-15(20)18-14(17(12)28-19(23)13(10)6-16(22)26-2)7-21(9-27-18)11-3-4-29(24,25)8-11/h3-5,11H,6-9H2,1-2H3. The Hall–Kier alpha value is -2.36. The highest BCUT2D eigenvalue weighted by molar-refractivity contribution is 7.94. The Morgan fingerprint density at radius 2 is 2.17 bits per heavy atom. The third-order valence-corrected chi connectivity index (χ3v) is 6.90. The summed E-state index contributed by atoms with van der Waals surface area (Å²) in [7, 11) is -1.98. The summed E-state index contributed by atoms with van der Waals surface area (Å²) in [6.07, 6.45) is 1.41. The van der Waals surface area contributed by atoms with Gasteiger partial charge < -0.3 is 13.9 Å². The van der Waals surface area contributed by atoms with Gasteiger partial charge in [-0.05, 0) is 18.6 Å². The predicted octanol–water partition coefficient (Wildman–Crippen LogP) is 1.93. The van der Waals surface area contributed by atoms with Gasteiger partial charge in [0, 0.05) is 23.4 Å². The third-order valence-electron chi connectivity index (χ3n) is 5.24. The number of sulfone groups is 1. The molecule has 2 aliphatic heterocycles. The molecule has 0 saturated heterocycles. The molecular formula is C19H18ClNO7S. The van der Waals surface area contributed by atoms with E-state index in [4.69, 9.17) is 20.8 Å². The lowest BCUT2D eigenvalue weighted by molar-refractivity contribution is -0.139. The van der Waals surface area contributed by atoms with Crippen LogP contribution in [0, 0.1) is 6.92 Å². The summed E-state index contributed by atoms with van der Waals surface area (Å²) in [6, 6.07) is 1.30. The number of carbonyl (C=O) groups is 1. The van der Waals surface area contributed by atoms with Crippen LogP contribution in [0.25, 0.3) is 11.0 Å². The molecule has 2 aliphatic rings. The molecule has 0 amide bonds. The lowest BCUT2D eigenvalue weighted by atomic mass is 10.00. The molecule has 8 nitrogen and oxygen atoms in total. The van der Waals surface area contributed by atoms with Gasteiger partial charge in [-0.15, -0.1) is 0 Å². The van der Waals surface area contributed by atoms with Crippen molar-refractivity contribution in [2.24, 2.45) is 0 Å². The number of esters is 1. The van der Waals surface area contributed by atoms with E-state index in [2.05, 4.69) is 4.74 Å². The van der Waals surface area contributed by atoms with Crippen LogP contribution in [0.1, 0.15) is 16.7 Å². The van der Waals surface area contributed by atoms with Gasteiger partial charge in [-0.3, -0.25) is 9.69 Å². The number of hydrogen-bond acceptors (Lipinski definition) is 8. The molecule has 2 aromatic rings. The van der Waals surface area contributed by atoms with Crippen molar-refractivity contribution in [3.8, 4) is 5.75 Å². The Balaban J connectivity index is 1.81. The van der Waals surface area contributed by atoms with Crippen LogP contribution >= 0.6 is 11.6 Å². The molecular weight excluding hydrogens is 422 g/mol. The second-order valence-electron chi connectivity index (χ2n) is 7.03. The first kappa shape index (κ1) is 19.9. The topological polar surface area (TPSA) is 103 Å². The number of rotatable bonds is 3. The molecule has 3 heterocycles. The minimum absolute atomic E-state index is 0.0313. The zero-order valence-electron chi connectivity index (χ0n) is 15.7. The number of aryl methyl sites for hydroxylation is 1. The summed E-state index contributed by atoms with van der Waals surface area (Å²) in [4.78, 5) is 26.0. The van der Waals surface area contributed by atoms with Gasteiger partial charge >= 0.3 is 11.6 Å². The van der Waals surface area contributed by atoms with E-state index in [0.717, 1.165) is 0 Å². The first-order valence-corrected chi connectivity index (χ1v) is 10.9. The maximum absolute atomic E-state index is 12.5. The predicted molar refractivity (Wildman–Crippen MR) is 106 cm³/mol. The van der Waals surface area contributed by atoms with Crippen LogP contribution in [0.2, 0.25) is 5.02 Å². The molecule has 0 fully saturated rings. The highest BCUT2D eigenvalue weighted by atomic mass is 35.5. The molecule has 0 saturated carbocycles. The fourth-order valence-corrected chi connectivity index (χ4v) is 5.26. The minimum atomic E-state index is -3.23. The van der Waals surface area contributed by atoms with Crippen LogP contribution in [-0.2, 0) is 32.3 Å².